The lowest BCUT2D eigenvalue weighted by Gasteiger charge is -1.59. The number of hydrogen-bond donors (Lipinski definition) is 0. The first-order valence-electron chi connectivity index (χ1n) is 1.76. The molecule has 0 aromatic carbocycles. The van der Waals surface area contributed by atoms with E-state index in [-0.39, 0.29) is 5.48 Å². The summed E-state index contributed by atoms with van der Waals surface area (Å²) in [6, 6.07) is 0. The summed E-state index contributed by atoms with van der Waals surface area (Å²) in [5.41, 5.74) is 2.64. The molecule has 0 aliphatic heterocycles. The van der Waals surface area contributed by atoms with E-state index in [0.717, 1.165) is 6.42 Å². The Morgan fingerprint density at radius 2 is 2.33 bits per heavy atom. The van der Waals surface area contributed by atoms with Crippen molar-refractivity contribution in [3.8, 4) is 0 Å². The average Bonchev–Trinajstić information content (AvgIpc) is 1.41. The van der Waals surface area contributed by atoms with Gasteiger partial charge in [-0.2, -0.15) is 0 Å². The highest BCUT2D eigenvalue weighted by atomic mass is 16.0. The highest BCUT2D eigenvalue weighted by molar-refractivity contribution is 4.72. The molecule has 0 aromatic rings. The van der Waals surface area contributed by atoms with Crippen LogP contribution in [0.3, 0.4) is 0 Å². The van der Waals surface area contributed by atoms with Gasteiger partial charge >= 0.3 is 0 Å². The molecule has 0 spiro atoms. The van der Waals surface area contributed by atoms with Crippen LogP contribution in [0.25, 0.3) is 0 Å². The Balaban J connectivity index is 0. The Morgan fingerprint density at radius 3 is 2.33 bits per heavy atom. The normalized spacial score (nSPS) is 4.83. The Bertz CT molecular complexity index is 51.0. The summed E-state index contributed by atoms with van der Waals surface area (Å²) in [6.07, 6.45) is 2.93. The van der Waals surface area contributed by atoms with Gasteiger partial charge in [0.15, 0.2) is 0 Å². The third-order valence-electron chi connectivity index (χ3n) is 0.348. The third kappa shape index (κ3) is 9.77. The Morgan fingerprint density at radius 1 is 1.83 bits per heavy atom. The molecule has 1 heteroatoms. The molecule has 36 valence electrons. The largest absolute Gasteiger partial charge is 0.412 e. The van der Waals surface area contributed by atoms with Crippen LogP contribution >= 0.6 is 0 Å². The average molecular weight is 86.1 g/mol. The van der Waals surface area contributed by atoms with Crippen molar-refractivity contribution in [2.45, 2.75) is 13.3 Å². The van der Waals surface area contributed by atoms with Crippen molar-refractivity contribution in [3.63, 3.8) is 0 Å². The van der Waals surface area contributed by atoms with Gasteiger partial charge in [-0.1, -0.05) is 13.5 Å². The van der Waals surface area contributed by atoms with E-state index in [1.54, 1.807) is 0 Å². The summed E-state index contributed by atoms with van der Waals surface area (Å²) in [5, 5.41) is 0. The molecule has 6 heavy (non-hydrogen) atoms. The smallest absolute Gasteiger partial charge is 0.0303 e. The van der Waals surface area contributed by atoms with Crippen LogP contribution < -0.4 is 0 Å². The summed E-state index contributed by atoms with van der Waals surface area (Å²) in [5.74, 6) is 0. The first-order chi connectivity index (χ1) is 2.41. The van der Waals surface area contributed by atoms with Gasteiger partial charge in [-0.05, 0) is 12.5 Å². The minimum Gasteiger partial charge on any atom is -0.412 e. The van der Waals surface area contributed by atoms with Gasteiger partial charge < -0.3 is 5.48 Å². The molecule has 0 aliphatic rings. The van der Waals surface area contributed by atoms with Gasteiger partial charge in [0.2, 0.25) is 0 Å². The molecule has 0 aliphatic carbocycles. The number of rotatable bonds is 1. The van der Waals surface area contributed by atoms with Crippen LogP contribution in [0.2, 0.25) is 0 Å². The van der Waals surface area contributed by atoms with Gasteiger partial charge in [0.25, 0.3) is 0 Å². The molecular formula is C5H10O. The fraction of sp³-hybridized carbons (Fsp3) is 0.400. The highest BCUT2D eigenvalue weighted by Crippen LogP contribution is 1.69. The summed E-state index contributed by atoms with van der Waals surface area (Å²) < 4.78 is 0. The molecule has 0 rings (SSSR count). The standard InChI is InChI=1S/C5H8.H2O/c1-3-5-4-2;/h5H,1,4H2,2H3;1H2. The second-order valence-corrected chi connectivity index (χ2v) is 0.816. The lowest BCUT2D eigenvalue weighted by Crippen LogP contribution is -1.39. The molecule has 0 heterocycles. The van der Waals surface area contributed by atoms with Crippen LogP contribution in [-0.2, 0) is 0 Å². The maximum Gasteiger partial charge on any atom is -0.0303 e. The first kappa shape index (κ1) is 9.08. The van der Waals surface area contributed by atoms with Crippen molar-refractivity contribution in [3.05, 3.63) is 18.4 Å². The van der Waals surface area contributed by atoms with Crippen molar-refractivity contribution >= 4 is 0 Å². The van der Waals surface area contributed by atoms with Crippen molar-refractivity contribution in [2.75, 3.05) is 0 Å². The Kier molecular flexibility index (Phi) is 13.4. The van der Waals surface area contributed by atoms with Gasteiger partial charge in [-0.25, -0.2) is 0 Å². The van der Waals surface area contributed by atoms with Gasteiger partial charge in [-0.15, -0.1) is 5.73 Å². The monoisotopic (exact) mass is 86.1 g/mol. The Hall–Kier alpha value is -0.520. The predicted octanol–water partition coefficient (Wildman–Crippen LogP) is 0.913. The van der Waals surface area contributed by atoms with Gasteiger partial charge in [0.05, 0.1) is 0 Å². The van der Waals surface area contributed by atoms with E-state index < -0.39 is 0 Å². The van der Waals surface area contributed by atoms with E-state index in [0.29, 0.717) is 0 Å². The molecule has 0 saturated heterocycles. The predicted molar refractivity (Wildman–Crippen MR) is 27.6 cm³/mol. The fourth-order valence-electron chi connectivity index (χ4n) is 0.144. The third-order valence-corrected chi connectivity index (χ3v) is 0.348. The molecule has 0 fully saturated rings. The second-order valence-electron chi connectivity index (χ2n) is 0.816. The molecule has 2 N–H and O–H groups in total. The molecule has 1 nitrogen and oxygen atoms in total. The van der Waals surface area contributed by atoms with Crippen LogP contribution in [0.5, 0.6) is 0 Å². The zero-order valence-electron chi connectivity index (χ0n) is 3.99. The minimum absolute atomic E-state index is 0. The van der Waals surface area contributed by atoms with Crippen LogP contribution in [-0.4, -0.2) is 5.48 Å². The summed E-state index contributed by atoms with van der Waals surface area (Å²) >= 11 is 0. The van der Waals surface area contributed by atoms with Crippen LogP contribution in [0.4, 0.5) is 0 Å². The van der Waals surface area contributed by atoms with Gasteiger partial charge in [0, 0.05) is 0 Å². The molecule has 0 atom stereocenters. The van der Waals surface area contributed by atoms with Crippen molar-refractivity contribution in [1.82, 2.24) is 0 Å². The van der Waals surface area contributed by atoms with E-state index in [9.17, 15) is 0 Å². The second kappa shape index (κ2) is 8.82. The van der Waals surface area contributed by atoms with Gasteiger partial charge in [-0.3, -0.25) is 0 Å². The molecular weight excluding hydrogens is 76.1 g/mol. The van der Waals surface area contributed by atoms with E-state index in [1.807, 2.05) is 6.08 Å². The Labute approximate surface area is 38.3 Å². The number of hydrogen-bond acceptors (Lipinski definition) is 0. The molecule has 0 bridgehead atoms. The zero-order valence-corrected chi connectivity index (χ0v) is 3.99. The first-order valence-corrected chi connectivity index (χ1v) is 1.76. The van der Waals surface area contributed by atoms with E-state index >= 15 is 0 Å². The van der Waals surface area contributed by atoms with E-state index in [2.05, 4.69) is 19.2 Å². The maximum absolute atomic E-state index is 3.37. The zero-order chi connectivity index (χ0) is 4.12. The lowest BCUT2D eigenvalue weighted by atomic mass is 10.5. The van der Waals surface area contributed by atoms with E-state index in [4.69, 9.17) is 0 Å². The SMILES string of the molecule is C=C=CCC.O. The topological polar surface area (TPSA) is 31.5 Å². The molecule has 0 amide bonds. The summed E-state index contributed by atoms with van der Waals surface area (Å²) in [6.45, 7) is 5.42. The number of allylic oxidation sites excluding steroid dienone is 1. The van der Waals surface area contributed by atoms with Gasteiger partial charge in [0.1, 0.15) is 0 Å². The summed E-state index contributed by atoms with van der Waals surface area (Å²) in [4.78, 5) is 0. The summed E-state index contributed by atoms with van der Waals surface area (Å²) in [7, 11) is 0. The van der Waals surface area contributed by atoms with Crippen molar-refractivity contribution in [1.29, 1.82) is 0 Å². The quantitative estimate of drug-likeness (QED) is 0.425. The highest BCUT2D eigenvalue weighted by Gasteiger charge is 1.49. The minimum atomic E-state index is 0. The van der Waals surface area contributed by atoms with Crippen LogP contribution in [0.15, 0.2) is 18.4 Å². The molecule has 0 unspecified atom stereocenters. The molecule has 0 radical (unpaired) electrons. The lowest BCUT2D eigenvalue weighted by molar-refractivity contribution is 0.824. The van der Waals surface area contributed by atoms with Crippen molar-refractivity contribution in [2.24, 2.45) is 0 Å². The molecule has 0 saturated carbocycles. The van der Waals surface area contributed by atoms with E-state index in [1.165, 1.54) is 0 Å². The maximum atomic E-state index is 3.37. The fourth-order valence-corrected chi connectivity index (χ4v) is 0.144. The van der Waals surface area contributed by atoms with Crippen molar-refractivity contribution < 1.29 is 5.48 Å². The van der Waals surface area contributed by atoms with Crippen LogP contribution in [0, 0.1) is 0 Å². The molecule has 0 aromatic heterocycles. The van der Waals surface area contributed by atoms with Crippen LogP contribution in [0.1, 0.15) is 13.3 Å².